The van der Waals surface area contributed by atoms with Gasteiger partial charge in [0.25, 0.3) is 0 Å². The maximum Gasteiger partial charge on any atom is 0.137 e. The molecule has 0 heterocycles. The summed E-state index contributed by atoms with van der Waals surface area (Å²) in [5.41, 5.74) is 6.52. The standard InChI is InChI=1S/C11H14BrNO/c1-8(14)11(6-7-13)9-2-4-10(12)5-3-9/h2-5,11H,6-7,13H2,1H3. The predicted molar refractivity (Wildman–Crippen MR) is 61.2 cm³/mol. The van der Waals surface area contributed by atoms with E-state index in [-0.39, 0.29) is 11.7 Å². The molecule has 76 valence electrons. The molecule has 2 nitrogen and oxygen atoms in total. The minimum atomic E-state index is -0.0481. The van der Waals surface area contributed by atoms with Crippen LogP contribution in [-0.2, 0) is 4.79 Å². The maximum atomic E-state index is 11.4. The highest BCUT2D eigenvalue weighted by Crippen LogP contribution is 2.22. The summed E-state index contributed by atoms with van der Waals surface area (Å²) in [5.74, 6) is 0.130. The number of benzene rings is 1. The van der Waals surface area contributed by atoms with E-state index >= 15 is 0 Å². The van der Waals surface area contributed by atoms with Gasteiger partial charge >= 0.3 is 0 Å². The zero-order chi connectivity index (χ0) is 10.6. The van der Waals surface area contributed by atoms with E-state index in [0.717, 1.165) is 16.5 Å². The minimum absolute atomic E-state index is 0.0481. The normalized spacial score (nSPS) is 12.5. The molecule has 14 heavy (non-hydrogen) atoms. The number of halogens is 1. The number of ketones is 1. The topological polar surface area (TPSA) is 43.1 Å². The van der Waals surface area contributed by atoms with Crippen molar-refractivity contribution in [1.82, 2.24) is 0 Å². The van der Waals surface area contributed by atoms with Crippen LogP contribution >= 0.6 is 15.9 Å². The van der Waals surface area contributed by atoms with Crippen LogP contribution in [0.3, 0.4) is 0 Å². The zero-order valence-corrected chi connectivity index (χ0v) is 9.75. The average molecular weight is 256 g/mol. The van der Waals surface area contributed by atoms with Crippen LogP contribution in [0.5, 0.6) is 0 Å². The van der Waals surface area contributed by atoms with E-state index in [4.69, 9.17) is 5.73 Å². The number of Topliss-reactive ketones (excluding diaryl/α,β-unsaturated/α-hetero) is 1. The molecule has 0 amide bonds. The van der Waals surface area contributed by atoms with Gasteiger partial charge in [0.05, 0.1) is 0 Å². The highest BCUT2D eigenvalue weighted by Gasteiger charge is 2.15. The molecule has 0 saturated carbocycles. The van der Waals surface area contributed by atoms with Crippen molar-refractivity contribution in [3.8, 4) is 0 Å². The Morgan fingerprint density at radius 1 is 1.43 bits per heavy atom. The lowest BCUT2D eigenvalue weighted by Gasteiger charge is -2.12. The Morgan fingerprint density at radius 3 is 2.43 bits per heavy atom. The van der Waals surface area contributed by atoms with E-state index in [2.05, 4.69) is 15.9 Å². The van der Waals surface area contributed by atoms with Crippen LogP contribution in [0, 0.1) is 0 Å². The summed E-state index contributed by atoms with van der Waals surface area (Å²) in [6.45, 7) is 2.16. The molecule has 0 fully saturated rings. The van der Waals surface area contributed by atoms with Crippen LogP contribution in [0.25, 0.3) is 0 Å². The molecule has 0 aliphatic heterocycles. The molecule has 0 aliphatic carbocycles. The van der Waals surface area contributed by atoms with Gasteiger partial charge < -0.3 is 5.73 Å². The molecule has 0 saturated heterocycles. The molecule has 0 aliphatic rings. The van der Waals surface area contributed by atoms with Gasteiger partial charge in [-0.3, -0.25) is 4.79 Å². The summed E-state index contributed by atoms with van der Waals surface area (Å²) in [4.78, 5) is 11.4. The quantitative estimate of drug-likeness (QED) is 0.899. The Morgan fingerprint density at radius 2 is 2.00 bits per heavy atom. The molecule has 0 spiro atoms. The predicted octanol–water partition coefficient (Wildman–Crippen LogP) is 2.47. The van der Waals surface area contributed by atoms with Gasteiger partial charge in [-0.1, -0.05) is 28.1 Å². The molecule has 1 aromatic carbocycles. The summed E-state index contributed by atoms with van der Waals surface area (Å²) in [6.07, 6.45) is 0.719. The molecule has 0 bridgehead atoms. The van der Waals surface area contributed by atoms with Crippen molar-refractivity contribution >= 4 is 21.7 Å². The van der Waals surface area contributed by atoms with E-state index in [1.165, 1.54) is 0 Å². The van der Waals surface area contributed by atoms with Crippen LogP contribution in [0.1, 0.15) is 24.8 Å². The Hall–Kier alpha value is -0.670. The molecule has 1 atom stereocenters. The van der Waals surface area contributed by atoms with E-state index < -0.39 is 0 Å². The largest absolute Gasteiger partial charge is 0.330 e. The fourth-order valence-electron chi connectivity index (χ4n) is 1.47. The first-order valence-corrected chi connectivity index (χ1v) is 5.40. The van der Waals surface area contributed by atoms with Crippen LogP contribution in [0.2, 0.25) is 0 Å². The van der Waals surface area contributed by atoms with Crippen LogP contribution in [0.4, 0.5) is 0 Å². The lowest BCUT2D eigenvalue weighted by Crippen LogP contribution is -2.14. The summed E-state index contributed by atoms with van der Waals surface area (Å²) < 4.78 is 1.02. The van der Waals surface area contributed by atoms with Gasteiger partial charge in [-0.15, -0.1) is 0 Å². The number of hydrogen-bond acceptors (Lipinski definition) is 2. The number of nitrogens with two attached hydrogens (primary N) is 1. The first kappa shape index (κ1) is 11.4. The van der Waals surface area contributed by atoms with Crippen molar-refractivity contribution in [1.29, 1.82) is 0 Å². The highest BCUT2D eigenvalue weighted by atomic mass is 79.9. The van der Waals surface area contributed by atoms with E-state index in [9.17, 15) is 4.79 Å². The first-order chi connectivity index (χ1) is 6.65. The van der Waals surface area contributed by atoms with Crippen molar-refractivity contribution in [2.24, 2.45) is 5.73 Å². The van der Waals surface area contributed by atoms with Crippen molar-refractivity contribution in [2.45, 2.75) is 19.3 Å². The molecule has 0 radical (unpaired) electrons. The number of carbonyl (C=O) groups excluding carboxylic acids is 1. The monoisotopic (exact) mass is 255 g/mol. The molecule has 2 N–H and O–H groups in total. The Labute approximate surface area is 92.6 Å². The fraction of sp³-hybridized carbons (Fsp3) is 0.364. The van der Waals surface area contributed by atoms with Crippen LogP contribution in [-0.4, -0.2) is 12.3 Å². The summed E-state index contributed by atoms with van der Waals surface area (Å²) in [5, 5.41) is 0. The minimum Gasteiger partial charge on any atom is -0.330 e. The summed E-state index contributed by atoms with van der Waals surface area (Å²) >= 11 is 3.36. The zero-order valence-electron chi connectivity index (χ0n) is 8.16. The van der Waals surface area contributed by atoms with Gasteiger partial charge in [-0.05, 0) is 37.6 Å². The third-order valence-electron chi connectivity index (χ3n) is 2.22. The fourth-order valence-corrected chi connectivity index (χ4v) is 1.73. The SMILES string of the molecule is CC(=O)C(CCN)c1ccc(Br)cc1. The van der Waals surface area contributed by atoms with Crippen molar-refractivity contribution in [3.05, 3.63) is 34.3 Å². The molecule has 1 aromatic rings. The van der Waals surface area contributed by atoms with Crippen molar-refractivity contribution in [2.75, 3.05) is 6.54 Å². The number of rotatable bonds is 4. The Balaban J connectivity index is 2.87. The van der Waals surface area contributed by atoms with Crippen molar-refractivity contribution in [3.63, 3.8) is 0 Å². The van der Waals surface area contributed by atoms with Gasteiger partial charge in [0.15, 0.2) is 0 Å². The second-order valence-electron chi connectivity index (χ2n) is 3.29. The van der Waals surface area contributed by atoms with E-state index in [0.29, 0.717) is 6.54 Å². The molecule has 1 rings (SSSR count). The second-order valence-corrected chi connectivity index (χ2v) is 4.21. The van der Waals surface area contributed by atoms with Gasteiger partial charge in [0.2, 0.25) is 0 Å². The second kappa shape index (κ2) is 5.27. The van der Waals surface area contributed by atoms with Gasteiger partial charge in [-0.25, -0.2) is 0 Å². The lowest BCUT2D eigenvalue weighted by molar-refractivity contribution is -0.118. The van der Waals surface area contributed by atoms with E-state index in [1.807, 2.05) is 24.3 Å². The molecular weight excluding hydrogens is 242 g/mol. The van der Waals surface area contributed by atoms with E-state index in [1.54, 1.807) is 6.92 Å². The maximum absolute atomic E-state index is 11.4. The number of hydrogen-bond donors (Lipinski definition) is 1. The van der Waals surface area contributed by atoms with Gasteiger partial charge in [0.1, 0.15) is 5.78 Å². The van der Waals surface area contributed by atoms with Gasteiger partial charge in [0, 0.05) is 10.4 Å². The van der Waals surface area contributed by atoms with Crippen LogP contribution in [0.15, 0.2) is 28.7 Å². The Bertz CT molecular complexity index is 308. The third-order valence-corrected chi connectivity index (χ3v) is 2.75. The molecular formula is C11H14BrNO. The Kier molecular flexibility index (Phi) is 4.29. The number of carbonyl (C=O) groups is 1. The smallest absolute Gasteiger partial charge is 0.137 e. The van der Waals surface area contributed by atoms with Crippen molar-refractivity contribution < 1.29 is 4.79 Å². The molecule has 0 aromatic heterocycles. The molecule has 3 heteroatoms. The third kappa shape index (κ3) is 2.93. The van der Waals surface area contributed by atoms with Gasteiger partial charge in [-0.2, -0.15) is 0 Å². The molecule has 1 unspecified atom stereocenters. The first-order valence-electron chi connectivity index (χ1n) is 4.61. The summed E-state index contributed by atoms with van der Waals surface area (Å²) in [7, 11) is 0. The average Bonchev–Trinajstić information content (AvgIpc) is 2.15. The highest BCUT2D eigenvalue weighted by molar-refractivity contribution is 9.10. The van der Waals surface area contributed by atoms with Crippen LogP contribution < -0.4 is 5.73 Å². The summed E-state index contributed by atoms with van der Waals surface area (Å²) in [6, 6.07) is 7.82. The lowest BCUT2D eigenvalue weighted by atomic mass is 9.92.